The minimum Gasteiger partial charge on any atom is -0.326 e. The maximum absolute atomic E-state index is 12.4. The van der Waals surface area contributed by atoms with Gasteiger partial charge in [0.2, 0.25) is 5.91 Å². The molecule has 1 aliphatic carbocycles. The lowest BCUT2D eigenvalue weighted by Crippen LogP contribution is -2.24. The number of rotatable bonds is 5. The molecule has 0 bridgehead atoms. The molecular formula is C18H21N3O3S. The fourth-order valence-electron chi connectivity index (χ4n) is 2.96. The summed E-state index contributed by atoms with van der Waals surface area (Å²) in [5.41, 5.74) is 1.01. The molecule has 0 aliphatic heterocycles. The summed E-state index contributed by atoms with van der Waals surface area (Å²) < 4.78 is 27.2. The number of hydrogen-bond acceptors (Lipinski definition) is 4. The molecule has 1 aliphatic rings. The molecular weight excluding hydrogens is 338 g/mol. The van der Waals surface area contributed by atoms with E-state index in [4.69, 9.17) is 0 Å². The number of amides is 1. The molecule has 1 heterocycles. The Labute approximate surface area is 147 Å². The molecule has 0 unspecified atom stereocenters. The first-order valence-electron chi connectivity index (χ1n) is 8.38. The summed E-state index contributed by atoms with van der Waals surface area (Å²) in [4.78, 5) is 16.3. The largest absolute Gasteiger partial charge is 0.326 e. The van der Waals surface area contributed by atoms with Gasteiger partial charge in [-0.1, -0.05) is 19.3 Å². The number of carbonyl (C=O) groups is 1. The van der Waals surface area contributed by atoms with Gasteiger partial charge in [-0.2, -0.15) is 0 Å². The van der Waals surface area contributed by atoms with Crippen LogP contribution in [-0.2, 0) is 14.8 Å². The number of benzene rings is 1. The van der Waals surface area contributed by atoms with E-state index in [0.717, 1.165) is 25.7 Å². The molecule has 0 saturated heterocycles. The van der Waals surface area contributed by atoms with E-state index < -0.39 is 10.0 Å². The predicted molar refractivity (Wildman–Crippen MR) is 96.7 cm³/mol. The molecule has 3 rings (SSSR count). The molecule has 2 aromatic rings. The topological polar surface area (TPSA) is 88.2 Å². The molecule has 7 heteroatoms. The van der Waals surface area contributed by atoms with Crippen LogP contribution in [0.2, 0.25) is 0 Å². The van der Waals surface area contributed by atoms with Crippen LogP contribution in [0.3, 0.4) is 0 Å². The first-order valence-corrected chi connectivity index (χ1v) is 9.87. The van der Waals surface area contributed by atoms with Gasteiger partial charge in [0.15, 0.2) is 0 Å². The Morgan fingerprint density at radius 1 is 1.00 bits per heavy atom. The zero-order valence-electron chi connectivity index (χ0n) is 13.8. The van der Waals surface area contributed by atoms with Crippen LogP contribution in [0.1, 0.15) is 32.1 Å². The van der Waals surface area contributed by atoms with E-state index in [1.165, 1.54) is 24.8 Å². The van der Waals surface area contributed by atoms with Crippen molar-refractivity contribution in [2.45, 2.75) is 37.0 Å². The fourth-order valence-corrected chi connectivity index (χ4v) is 4.01. The maximum atomic E-state index is 12.4. The van der Waals surface area contributed by atoms with Crippen molar-refractivity contribution in [3.05, 3.63) is 48.8 Å². The molecule has 0 atom stereocenters. The third-order valence-electron chi connectivity index (χ3n) is 4.32. The highest BCUT2D eigenvalue weighted by Gasteiger charge is 2.21. The van der Waals surface area contributed by atoms with Crippen LogP contribution in [0, 0.1) is 5.92 Å². The smallest absolute Gasteiger partial charge is 0.261 e. The second-order valence-corrected chi connectivity index (χ2v) is 7.88. The number of carbonyl (C=O) groups excluding carboxylic acids is 1. The number of aromatic nitrogens is 1. The van der Waals surface area contributed by atoms with Crippen LogP contribution in [0.4, 0.5) is 11.4 Å². The standard InChI is InChI=1S/C18H21N3O3S/c22-18(14-5-2-1-3-6-14)20-15-8-10-17(11-9-15)25(23,24)21-16-7-4-12-19-13-16/h4,7-14,21H,1-3,5-6H2,(H,20,22). The molecule has 0 spiro atoms. The highest BCUT2D eigenvalue weighted by Crippen LogP contribution is 2.25. The van der Waals surface area contributed by atoms with Crippen molar-refractivity contribution >= 4 is 27.3 Å². The van der Waals surface area contributed by atoms with Gasteiger partial charge in [0.05, 0.1) is 16.8 Å². The van der Waals surface area contributed by atoms with E-state index in [-0.39, 0.29) is 16.7 Å². The van der Waals surface area contributed by atoms with E-state index in [9.17, 15) is 13.2 Å². The monoisotopic (exact) mass is 359 g/mol. The number of hydrogen-bond donors (Lipinski definition) is 2. The van der Waals surface area contributed by atoms with Crippen LogP contribution in [0.5, 0.6) is 0 Å². The Kier molecular flexibility index (Phi) is 5.33. The number of nitrogens with zero attached hydrogens (tertiary/aromatic N) is 1. The summed E-state index contributed by atoms with van der Waals surface area (Å²) in [7, 11) is -3.68. The van der Waals surface area contributed by atoms with E-state index >= 15 is 0 Å². The number of nitrogens with one attached hydrogen (secondary N) is 2. The molecule has 0 radical (unpaired) electrons. The zero-order valence-corrected chi connectivity index (χ0v) is 14.6. The Bertz CT molecular complexity index is 814. The van der Waals surface area contributed by atoms with Crippen LogP contribution in [0.15, 0.2) is 53.7 Å². The van der Waals surface area contributed by atoms with Gasteiger partial charge in [0, 0.05) is 17.8 Å². The number of anilines is 2. The third-order valence-corrected chi connectivity index (χ3v) is 5.72. The van der Waals surface area contributed by atoms with Crippen molar-refractivity contribution in [2.75, 3.05) is 10.0 Å². The van der Waals surface area contributed by atoms with Gasteiger partial charge in [0.25, 0.3) is 10.0 Å². The van der Waals surface area contributed by atoms with E-state index in [2.05, 4.69) is 15.0 Å². The minimum atomic E-state index is -3.68. The molecule has 6 nitrogen and oxygen atoms in total. The fraction of sp³-hybridized carbons (Fsp3) is 0.333. The van der Waals surface area contributed by atoms with Crippen molar-refractivity contribution in [3.8, 4) is 0 Å². The first kappa shape index (κ1) is 17.4. The Morgan fingerprint density at radius 3 is 2.36 bits per heavy atom. The highest BCUT2D eigenvalue weighted by atomic mass is 32.2. The van der Waals surface area contributed by atoms with E-state index in [1.807, 2.05) is 0 Å². The normalized spacial score (nSPS) is 15.5. The van der Waals surface area contributed by atoms with Crippen molar-refractivity contribution in [3.63, 3.8) is 0 Å². The number of pyridine rings is 1. The highest BCUT2D eigenvalue weighted by molar-refractivity contribution is 7.92. The lowest BCUT2D eigenvalue weighted by atomic mass is 9.88. The Morgan fingerprint density at radius 2 is 1.72 bits per heavy atom. The van der Waals surface area contributed by atoms with Gasteiger partial charge in [-0.3, -0.25) is 14.5 Å². The summed E-state index contributed by atoms with van der Waals surface area (Å²) in [6, 6.07) is 9.46. The van der Waals surface area contributed by atoms with Crippen molar-refractivity contribution < 1.29 is 13.2 Å². The summed E-state index contributed by atoms with van der Waals surface area (Å²) in [5.74, 6) is 0.0770. The lowest BCUT2D eigenvalue weighted by molar-refractivity contribution is -0.120. The van der Waals surface area contributed by atoms with Crippen molar-refractivity contribution in [2.24, 2.45) is 5.92 Å². The van der Waals surface area contributed by atoms with Gasteiger partial charge in [-0.05, 0) is 49.2 Å². The average molecular weight is 359 g/mol. The zero-order chi connectivity index (χ0) is 17.7. The summed E-state index contributed by atoms with van der Waals surface area (Å²) in [5, 5.41) is 2.88. The summed E-state index contributed by atoms with van der Waals surface area (Å²) in [6.07, 6.45) is 8.24. The molecule has 2 N–H and O–H groups in total. The van der Waals surface area contributed by atoms with Crippen LogP contribution in [-0.4, -0.2) is 19.3 Å². The summed E-state index contributed by atoms with van der Waals surface area (Å²) in [6.45, 7) is 0. The van der Waals surface area contributed by atoms with E-state index in [0.29, 0.717) is 11.4 Å². The number of sulfonamides is 1. The van der Waals surface area contributed by atoms with Crippen LogP contribution < -0.4 is 10.0 Å². The molecule has 1 aromatic carbocycles. The van der Waals surface area contributed by atoms with E-state index in [1.54, 1.807) is 30.5 Å². The molecule has 132 valence electrons. The molecule has 1 aromatic heterocycles. The Hall–Kier alpha value is -2.41. The van der Waals surface area contributed by atoms with Gasteiger partial charge >= 0.3 is 0 Å². The summed E-state index contributed by atoms with van der Waals surface area (Å²) >= 11 is 0. The van der Waals surface area contributed by atoms with Crippen LogP contribution in [0.25, 0.3) is 0 Å². The molecule has 1 saturated carbocycles. The maximum Gasteiger partial charge on any atom is 0.261 e. The van der Waals surface area contributed by atoms with Gasteiger partial charge in [-0.25, -0.2) is 8.42 Å². The SMILES string of the molecule is O=C(Nc1ccc(S(=O)(=O)Nc2cccnc2)cc1)C1CCCCC1. The molecule has 25 heavy (non-hydrogen) atoms. The molecule has 1 amide bonds. The quantitative estimate of drug-likeness (QED) is 0.856. The van der Waals surface area contributed by atoms with Gasteiger partial charge in [-0.15, -0.1) is 0 Å². The second kappa shape index (κ2) is 7.65. The molecule has 1 fully saturated rings. The van der Waals surface area contributed by atoms with Crippen molar-refractivity contribution in [1.29, 1.82) is 0 Å². The minimum absolute atomic E-state index is 0.0174. The van der Waals surface area contributed by atoms with Crippen molar-refractivity contribution in [1.82, 2.24) is 4.98 Å². The van der Waals surface area contributed by atoms with Gasteiger partial charge in [0.1, 0.15) is 0 Å². The first-order chi connectivity index (χ1) is 12.0. The average Bonchev–Trinajstić information content (AvgIpc) is 2.63. The van der Waals surface area contributed by atoms with Crippen LogP contribution >= 0.6 is 0 Å². The third kappa shape index (κ3) is 4.57. The second-order valence-electron chi connectivity index (χ2n) is 6.20. The lowest BCUT2D eigenvalue weighted by Gasteiger charge is -2.20. The predicted octanol–water partition coefficient (Wildman–Crippen LogP) is 3.40. The Balaban J connectivity index is 1.66. The van der Waals surface area contributed by atoms with Gasteiger partial charge < -0.3 is 5.32 Å².